The normalized spacial score (nSPS) is 20.1. The summed E-state index contributed by atoms with van der Waals surface area (Å²) in [6.45, 7) is 2.41. The Labute approximate surface area is 80.4 Å². The molecule has 74 valence electrons. The average molecular weight is 183 g/mol. The van der Waals surface area contributed by atoms with Crippen molar-refractivity contribution in [2.45, 2.75) is 25.7 Å². The van der Waals surface area contributed by atoms with E-state index in [0.29, 0.717) is 13.1 Å². The van der Waals surface area contributed by atoms with Crippen molar-refractivity contribution in [3.05, 3.63) is 0 Å². The molecule has 0 atom stereocenters. The zero-order chi connectivity index (χ0) is 9.52. The average Bonchev–Trinajstić information content (AvgIpc) is 2.17. The van der Waals surface area contributed by atoms with E-state index in [1.165, 1.54) is 12.8 Å². The molecule has 1 N–H and O–H groups in total. The third kappa shape index (κ3) is 4.01. The summed E-state index contributed by atoms with van der Waals surface area (Å²) in [5, 5.41) is 8.68. The van der Waals surface area contributed by atoms with Crippen molar-refractivity contribution in [1.82, 2.24) is 4.90 Å². The molecular formula is C9H18BNO2. The molecule has 0 bridgehead atoms. The van der Waals surface area contributed by atoms with E-state index in [4.69, 9.17) is 5.11 Å². The first-order valence-corrected chi connectivity index (χ1v) is 5.13. The standard InChI is InChI=1S/C9H18BNO2/c12-7-1-2-9-3-5-11(6-4-9)8-10-13/h9,12H,1-8H2. The van der Waals surface area contributed by atoms with E-state index in [-0.39, 0.29) is 0 Å². The quantitative estimate of drug-likeness (QED) is 0.630. The van der Waals surface area contributed by atoms with Crippen molar-refractivity contribution >= 4 is 7.15 Å². The number of likely N-dealkylation sites (tertiary alicyclic amines) is 1. The molecular weight excluding hydrogens is 165 g/mol. The van der Waals surface area contributed by atoms with Crippen LogP contribution in [0.25, 0.3) is 0 Å². The topological polar surface area (TPSA) is 40.5 Å². The van der Waals surface area contributed by atoms with E-state index in [0.717, 1.165) is 39.0 Å². The Bertz CT molecular complexity index is 147. The fourth-order valence-corrected chi connectivity index (χ4v) is 1.94. The van der Waals surface area contributed by atoms with Crippen LogP contribution in [0.15, 0.2) is 0 Å². The number of nitrogens with zero attached hydrogens (tertiary/aromatic N) is 1. The van der Waals surface area contributed by atoms with Gasteiger partial charge in [-0.15, -0.1) is 0 Å². The first-order chi connectivity index (χ1) is 6.36. The van der Waals surface area contributed by atoms with E-state index < -0.39 is 0 Å². The fourth-order valence-electron chi connectivity index (χ4n) is 1.94. The molecule has 1 aliphatic rings. The minimum absolute atomic E-state index is 0.314. The predicted molar refractivity (Wildman–Crippen MR) is 51.9 cm³/mol. The van der Waals surface area contributed by atoms with Gasteiger partial charge in [-0.1, -0.05) is 0 Å². The first kappa shape index (κ1) is 10.9. The van der Waals surface area contributed by atoms with Gasteiger partial charge in [-0.05, 0) is 0 Å². The van der Waals surface area contributed by atoms with Crippen LogP contribution in [0.2, 0.25) is 0 Å². The molecule has 0 aliphatic carbocycles. The molecule has 1 aliphatic heterocycles. The maximum atomic E-state index is 10.3. The Morgan fingerprint density at radius 2 is 2.08 bits per heavy atom. The second-order valence-electron chi connectivity index (χ2n) is 3.78. The molecule has 1 rings (SSSR count). The Kier molecular flexibility index (Phi) is 5.24. The monoisotopic (exact) mass is 183 g/mol. The number of aliphatic hydroxyl groups excluding tert-OH is 1. The third-order valence-corrected chi connectivity index (χ3v) is 2.81. The van der Waals surface area contributed by atoms with Gasteiger partial charge in [0.2, 0.25) is 0 Å². The van der Waals surface area contributed by atoms with Crippen LogP contribution < -0.4 is 0 Å². The van der Waals surface area contributed by atoms with Crippen LogP contribution >= 0.6 is 0 Å². The molecule has 0 unspecified atom stereocenters. The number of rotatable bonds is 5. The molecule has 1 fully saturated rings. The molecule has 0 amide bonds. The molecule has 1 heterocycles. The zero-order valence-corrected chi connectivity index (χ0v) is 8.11. The van der Waals surface area contributed by atoms with Gasteiger partial charge in [-0.3, -0.25) is 0 Å². The van der Waals surface area contributed by atoms with Gasteiger partial charge in [0.15, 0.2) is 0 Å². The van der Waals surface area contributed by atoms with E-state index in [1.54, 1.807) is 0 Å². The van der Waals surface area contributed by atoms with Gasteiger partial charge in [0.1, 0.15) is 0 Å². The van der Waals surface area contributed by atoms with E-state index >= 15 is 0 Å². The fraction of sp³-hybridized carbons (Fsp3) is 1.00. The van der Waals surface area contributed by atoms with Crippen LogP contribution in [0.3, 0.4) is 0 Å². The first-order valence-electron chi connectivity index (χ1n) is 5.13. The van der Waals surface area contributed by atoms with E-state index in [9.17, 15) is 4.70 Å². The molecule has 3 nitrogen and oxygen atoms in total. The Balaban J connectivity index is 2.11. The second-order valence-corrected chi connectivity index (χ2v) is 3.78. The summed E-state index contributed by atoms with van der Waals surface area (Å²) in [4.78, 5) is 2.20. The molecule has 0 aromatic carbocycles. The van der Waals surface area contributed by atoms with Crippen LogP contribution in [-0.2, 0) is 4.70 Å². The minimum atomic E-state index is 0.314. The van der Waals surface area contributed by atoms with Gasteiger partial charge < -0.3 is 0 Å². The molecule has 0 aromatic heterocycles. The van der Waals surface area contributed by atoms with Gasteiger partial charge in [0.05, 0.1) is 0 Å². The SMILES string of the molecule is O=BCN1CCC(CCCO)CC1. The second kappa shape index (κ2) is 6.27. The van der Waals surface area contributed by atoms with Gasteiger partial charge in [0, 0.05) is 0 Å². The molecule has 0 spiro atoms. The molecule has 0 radical (unpaired) electrons. The summed E-state index contributed by atoms with van der Waals surface area (Å²) in [7, 11) is 0.980. The summed E-state index contributed by atoms with van der Waals surface area (Å²) in [6.07, 6.45) is 5.04. The summed E-state index contributed by atoms with van der Waals surface area (Å²) in [6, 6.07) is 0. The Morgan fingerprint density at radius 1 is 1.38 bits per heavy atom. The number of hydrogen-bond donors (Lipinski definition) is 1. The zero-order valence-electron chi connectivity index (χ0n) is 8.11. The van der Waals surface area contributed by atoms with Crippen molar-refractivity contribution in [3.63, 3.8) is 0 Å². The molecule has 1 saturated heterocycles. The van der Waals surface area contributed by atoms with Crippen molar-refractivity contribution in [2.24, 2.45) is 5.92 Å². The van der Waals surface area contributed by atoms with Crippen molar-refractivity contribution in [2.75, 3.05) is 26.1 Å². The van der Waals surface area contributed by atoms with Gasteiger partial charge >= 0.3 is 79.6 Å². The molecule has 4 heteroatoms. The number of piperidine rings is 1. The summed E-state index contributed by atoms with van der Waals surface area (Å²) in [5.41, 5.74) is 0. The molecule has 0 saturated carbocycles. The van der Waals surface area contributed by atoms with Crippen LogP contribution in [0, 0.1) is 5.92 Å². The summed E-state index contributed by atoms with van der Waals surface area (Å²) >= 11 is 0. The van der Waals surface area contributed by atoms with Crippen LogP contribution in [0.5, 0.6) is 0 Å². The predicted octanol–water partition coefficient (Wildman–Crippen LogP) is 0.478. The van der Waals surface area contributed by atoms with Gasteiger partial charge in [-0.25, -0.2) is 0 Å². The number of aliphatic hydroxyl groups is 1. The van der Waals surface area contributed by atoms with Crippen molar-refractivity contribution in [3.8, 4) is 0 Å². The van der Waals surface area contributed by atoms with Crippen LogP contribution in [-0.4, -0.2) is 43.3 Å². The van der Waals surface area contributed by atoms with Gasteiger partial charge in [-0.2, -0.15) is 0 Å². The van der Waals surface area contributed by atoms with Gasteiger partial charge in [0.25, 0.3) is 0 Å². The van der Waals surface area contributed by atoms with Crippen LogP contribution in [0.4, 0.5) is 0 Å². The number of hydrogen-bond acceptors (Lipinski definition) is 3. The Morgan fingerprint density at radius 3 is 2.62 bits per heavy atom. The van der Waals surface area contributed by atoms with E-state index in [1.807, 2.05) is 0 Å². The van der Waals surface area contributed by atoms with Crippen molar-refractivity contribution < 1.29 is 9.81 Å². The van der Waals surface area contributed by atoms with E-state index in [2.05, 4.69) is 4.90 Å². The Hall–Kier alpha value is -0.215. The molecule has 0 aromatic rings. The summed E-state index contributed by atoms with van der Waals surface area (Å²) < 4.78 is 10.3. The van der Waals surface area contributed by atoms with Crippen LogP contribution in [0.1, 0.15) is 25.7 Å². The van der Waals surface area contributed by atoms with Crippen molar-refractivity contribution in [1.29, 1.82) is 0 Å². The molecule has 13 heavy (non-hydrogen) atoms. The third-order valence-electron chi connectivity index (χ3n) is 2.81. The maximum absolute atomic E-state index is 10.3. The summed E-state index contributed by atoms with van der Waals surface area (Å²) in [5.74, 6) is 0.773.